The quantitative estimate of drug-likeness (QED) is 0.497. The number of nitrogens with one attached hydrogen (secondary N) is 2. The molecule has 1 spiro atoms. The van der Waals surface area contributed by atoms with Crippen LogP contribution in [0.4, 0.5) is 16.3 Å². The third-order valence-corrected chi connectivity index (χ3v) is 8.25. The van der Waals surface area contributed by atoms with E-state index in [1.807, 2.05) is 22.9 Å². The van der Waals surface area contributed by atoms with Crippen molar-refractivity contribution in [3.63, 3.8) is 0 Å². The van der Waals surface area contributed by atoms with Crippen molar-refractivity contribution in [1.82, 2.24) is 34.9 Å². The first-order chi connectivity index (χ1) is 18.4. The Balaban J connectivity index is 1.01. The van der Waals surface area contributed by atoms with Crippen LogP contribution in [-0.4, -0.2) is 87.5 Å². The summed E-state index contributed by atoms with van der Waals surface area (Å²) in [6, 6.07) is 1.72. The molecule has 3 aromatic rings. The molecule has 3 aliphatic heterocycles. The first-order valence-electron chi connectivity index (χ1n) is 13.2. The minimum Gasteiger partial charge on any atom is -0.370 e. The van der Waals surface area contributed by atoms with Gasteiger partial charge in [0.2, 0.25) is 0 Å². The average molecular weight is 538 g/mol. The maximum atomic E-state index is 12.8. The molecule has 0 radical (unpaired) electrons. The molecule has 3 aliphatic rings. The fourth-order valence-corrected chi connectivity index (χ4v) is 6.03. The monoisotopic (exact) mass is 537 g/mol. The highest BCUT2D eigenvalue weighted by Crippen LogP contribution is 2.31. The molecule has 2 N–H and O–H groups in total. The Bertz CT molecular complexity index is 1350. The number of carbonyl (C=O) groups is 2. The molecule has 0 saturated carbocycles. The van der Waals surface area contributed by atoms with Crippen LogP contribution in [0.2, 0.25) is 5.02 Å². The lowest BCUT2D eigenvalue weighted by atomic mass is 9.88. The van der Waals surface area contributed by atoms with Gasteiger partial charge in [-0.3, -0.25) is 4.79 Å². The van der Waals surface area contributed by atoms with Crippen LogP contribution in [0.15, 0.2) is 37.1 Å². The Morgan fingerprint density at radius 3 is 2.68 bits per heavy atom. The van der Waals surface area contributed by atoms with E-state index in [0.717, 1.165) is 62.6 Å². The zero-order valence-electron chi connectivity index (χ0n) is 21.4. The minimum absolute atomic E-state index is 0.0958. The molecule has 6 rings (SSSR count). The fraction of sp³-hybridized carbons (Fsp3) is 0.500. The molecular weight excluding hydrogens is 506 g/mol. The van der Waals surface area contributed by atoms with Gasteiger partial charge in [-0.05, 0) is 31.2 Å². The number of anilines is 2. The van der Waals surface area contributed by atoms with Crippen molar-refractivity contribution in [3.05, 3.63) is 47.8 Å². The zero-order chi connectivity index (χ0) is 26.3. The first-order valence-corrected chi connectivity index (χ1v) is 13.6. The maximum absolute atomic E-state index is 12.8. The predicted molar refractivity (Wildman–Crippen MR) is 145 cm³/mol. The van der Waals surface area contributed by atoms with Gasteiger partial charge in [0.1, 0.15) is 5.69 Å². The molecule has 0 aliphatic carbocycles. The van der Waals surface area contributed by atoms with Gasteiger partial charge < -0.3 is 29.7 Å². The molecule has 11 nitrogen and oxygen atoms in total. The van der Waals surface area contributed by atoms with Crippen LogP contribution in [0.5, 0.6) is 0 Å². The Labute approximate surface area is 226 Å². The van der Waals surface area contributed by atoms with Crippen LogP contribution in [0.1, 0.15) is 36.7 Å². The number of hydrogen-bond donors (Lipinski definition) is 2. The highest BCUT2D eigenvalue weighted by molar-refractivity contribution is 6.33. The second-order valence-corrected chi connectivity index (χ2v) is 11.1. The van der Waals surface area contributed by atoms with Crippen molar-refractivity contribution < 1.29 is 9.59 Å². The summed E-state index contributed by atoms with van der Waals surface area (Å²) >= 11 is 6.41. The third-order valence-electron chi connectivity index (χ3n) is 7.96. The summed E-state index contributed by atoms with van der Waals surface area (Å²) in [6.45, 7) is 7.07. The summed E-state index contributed by atoms with van der Waals surface area (Å²) < 4.78 is 1.96. The summed E-state index contributed by atoms with van der Waals surface area (Å²) in [4.78, 5) is 45.1. The topological polar surface area (TPSA) is 111 Å². The zero-order valence-corrected chi connectivity index (χ0v) is 22.2. The molecule has 1 atom stereocenters. The SMILES string of the molecule is CC1CCN(c2cnc(C(=O)NCCN3CC4(CCN(c5nccn6ccnc56)CC4)NC3=O)c(Cl)c2)C1. The maximum Gasteiger partial charge on any atom is 0.318 e. The first kappa shape index (κ1) is 24.7. The lowest BCUT2D eigenvalue weighted by Crippen LogP contribution is -2.52. The number of rotatable bonds is 6. The van der Waals surface area contributed by atoms with E-state index in [9.17, 15) is 9.59 Å². The van der Waals surface area contributed by atoms with E-state index >= 15 is 0 Å². The van der Waals surface area contributed by atoms with Crippen molar-refractivity contribution >= 4 is 40.7 Å². The second-order valence-electron chi connectivity index (χ2n) is 10.6. The molecule has 3 amide bonds. The molecule has 1 unspecified atom stereocenters. The van der Waals surface area contributed by atoms with E-state index in [2.05, 4.69) is 42.3 Å². The summed E-state index contributed by atoms with van der Waals surface area (Å²) in [5.41, 5.74) is 1.72. The number of carbonyl (C=O) groups excluding carboxylic acids is 2. The molecule has 6 heterocycles. The van der Waals surface area contributed by atoms with E-state index in [4.69, 9.17) is 11.6 Å². The van der Waals surface area contributed by atoms with Gasteiger partial charge in [0.05, 0.1) is 22.4 Å². The molecule has 12 heteroatoms. The van der Waals surface area contributed by atoms with Gasteiger partial charge in [0.15, 0.2) is 11.5 Å². The van der Waals surface area contributed by atoms with E-state index in [0.29, 0.717) is 30.6 Å². The van der Waals surface area contributed by atoms with Gasteiger partial charge in [-0.1, -0.05) is 18.5 Å². The van der Waals surface area contributed by atoms with Crippen LogP contribution in [0.3, 0.4) is 0 Å². The van der Waals surface area contributed by atoms with Crippen molar-refractivity contribution in [1.29, 1.82) is 0 Å². The lowest BCUT2D eigenvalue weighted by Gasteiger charge is -2.39. The van der Waals surface area contributed by atoms with Crippen molar-refractivity contribution in [2.75, 3.05) is 55.6 Å². The number of nitrogens with zero attached hydrogens (tertiary/aromatic N) is 7. The summed E-state index contributed by atoms with van der Waals surface area (Å²) in [6.07, 6.45) is 11.8. The molecule has 3 saturated heterocycles. The van der Waals surface area contributed by atoms with Crippen molar-refractivity contribution in [2.45, 2.75) is 31.7 Å². The number of halogens is 1. The number of amides is 3. The normalized spacial score (nSPS) is 20.9. The molecule has 3 fully saturated rings. The van der Waals surface area contributed by atoms with Gasteiger partial charge in [-0.25, -0.2) is 19.7 Å². The van der Waals surface area contributed by atoms with Crippen molar-refractivity contribution in [2.24, 2.45) is 5.92 Å². The van der Waals surface area contributed by atoms with Crippen LogP contribution >= 0.6 is 11.6 Å². The van der Waals surface area contributed by atoms with Crippen LogP contribution in [0.25, 0.3) is 5.65 Å². The molecule has 0 bridgehead atoms. The number of imidazole rings is 1. The predicted octanol–water partition coefficient (Wildman–Crippen LogP) is 2.42. The Morgan fingerprint density at radius 2 is 1.95 bits per heavy atom. The Morgan fingerprint density at radius 1 is 1.16 bits per heavy atom. The molecule has 200 valence electrons. The molecule has 3 aromatic heterocycles. The summed E-state index contributed by atoms with van der Waals surface area (Å²) in [5, 5.41) is 6.42. The van der Waals surface area contributed by atoms with E-state index < -0.39 is 0 Å². The number of fused-ring (bicyclic) bond motifs is 1. The third kappa shape index (κ3) is 4.70. The van der Waals surface area contributed by atoms with Gasteiger partial charge >= 0.3 is 6.03 Å². The van der Waals surface area contributed by atoms with Gasteiger partial charge in [0.25, 0.3) is 5.91 Å². The van der Waals surface area contributed by atoms with E-state index in [-0.39, 0.29) is 23.2 Å². The Kier molecular flexibility index (Phi) is 6.46. The lowest BCUT2D eigenvalue weighted by molar-refractivity contribution is 0.0945. The average Bonchev–Trinajstić information content (AvgIpc) is 3.63. The largest absolute Gasteiger partial charge is 0.370 e. The number of piperidine rings is 1. The van der Waals surface area contributed by atoms with Crippen LogP contribution in [0, 0.1) is 5.92 Å². The molecule has 38 heavy (non-hydrogen) atoms. The summed E-state index contributed by atoms with van der Waals surface area (Å²) in [5.74, 6) is 1.17. The molecular formula is C26H32ClN9O2. The minimum atomic E-state index is -0.334. The van der Waals surface area contributed by atoms with Crippen LogP contribution in [-0.2, 0) is 0 Å². The Hall–Kier alpha value is -3.60. The standard InChI is InChI=1S/C26H32ClN9O2/c1-18-2-8-35(16-18)19-14-20(27)21(31-15-19)24(37)30-7-13-36-17-26(32-25(36)38)3-9-33(10-4-26)22-23-29-6-12-34(23)11-5-28-22/h5-6,11-12,14-15,18H,2-4,7-10,13,16-17H2,1H3,(H,30,37)(H,32,38). The smallest absolute Gasteiger partial charge is 0.318 e. The number of pyridine rings is 1. The van der Waals surface area contributed by atoms with E-state index in [1.165, 1.54) is 0 Å². The van der Waals surface area contributed by atoms with Gasteiger partial charge in [-0.15, -0.1) is 0 Å². The number of urea groups is 1. The van der Waals surface area contributed by atoms with Gasteiger partial charge in [0, 0.05) is 70.6 Å². The molecule has 0 aromatic carbocycles. The second kappa shape index (κ2) is 9.94. The highest BCUT2D eigenvalue weighted by Gasteiger charge is 2.44. The summed E-state index contributed by atoms with van der Waals surface area (Å²) in [7, 11) is 0. The highest BCUT2D eigenvalue weighted by atomic mass is 35.5. The van der Waals surface area contributed by atoms with Crippen LogP contribution < -0.4 is 20.4 Å². The van der Waals surface area contributed by atoms with Crippen molar-refractivity contribution in [3.8, 4) is 0 Å². The number of hydrogen-bond acceptors (Lipinski definition) is 7. The van der Waals surface area contributed by atoms with Gasteiger partial charge in [-0.2, -0.15) is 0 Å². The fourth-order valence-electron chi connectivity index (χ4n) is 5.78. The number of aromatic nitrogens is 4. The van der Waals surface area contributed by atoms with E-state index in [1.54, 1.807) is 23.5 Å².